The number of hydrogen-bond donors (Lipinski definition) is 2. The number of anilines is 2. The van der Waals surface area contributed by atoms with Gasteiger partial charge in [-0.2, -0.15) is 0 Å². The molecule has 5 rings (SSSR count). The van der Waals surface area contributed by atoms with E-state index < -0.39 is 15.8 Å². The van der Waals surface area contributed by atoms with Gasteiger partial charge in [-0.3, -0.25) is 9.71 Å². The van der Waals surface area contributed by atoms with Crippen LogP contribution in [0.5, 0.6) is 11.5 Å². The van der Waals surface area contributed by atoms with Gasteiger partial charge in [0, 0.05) is 30.7 Å². The summed E-state index contributed by atoms with van der Waals surface area (Å²) in [6, 6.07) is 14.0. The fourth-order valence-corrected chi connectivity index (χ4v) is 5.81. The Morgan fingerprint density at radius 2 is 1.82 bits per heavy atom. The predicted octanol–water partition coefficient (Wildman–Crippen LogP) is 6.66. The molecule has 0 bridgehead atoms. The van der Waals surface area contributed by atoms with Crippen LogP contribution in [0.15, 0.2) is 84.7 Å². The van der Waals surface area contributed by atoms with E-state index in [2.05, 4.69) is 31.6 Å². The van der Waals surface area contributed by atoms with Crippen LogP contribution < -0.4 is 14.8 Å². The largest absolute Gasteiger partial charge is 0.453 e. The van der Waals surface area contributed by atoms with Crippen molar-refractivity contribution < 1.29 is 17.5 Å². The third kappa shape index (κ3) is 6.23. The number of ether oxygens (including phenoxy) is 1. The summed E-state index contributed by atoms with van der Waals surface area (Å²) < 4.78 is 49.2. The van der Waals surface area contributed by atoms with E-state index in [1.807, 2.05) is 0 Å². The molecule has 0 amide bonds. The minimum Gasteiger partial charge on any atom is -0.453 e. The number of nitrogens with zero attached hydrogens (tertiary/aromatic N) is 3. The van der Waals surface area contributed by atoms with Gasteiger partial charge in [-0.1, -0.05) is 50.1 Å². The molecule has 1 aliphatic carbocycles. The van der Waals surface area contributed by atoms with E-state index in [0.29, 0.717) is 34.6 Å². The molecule has 4 aromatic rings. The standard InChI is InChI=1S/C29H28FN5O3S/c1-2-20-8-6-7-11-28(20)39(36,37)35-22-12-13-27(24(30)18-22)38-26-15-16-31-19-23(26)25-14-17-32-29(34-25)33-21-9-4-3-5-10-21/h2,6-8,11-19,21,35H,1,3-5,9-10H2,(H,32,33,34). The van der Waals surface area contributed by atoms with E-state index in [1.165, 1.54) is 43.5 Å². The SMILES string of the molecule is C=Cc1ccccc1S(=O)(=O)Nc1ccc(Oc2ccncc2-c2ccnc(NC3CCCCC3)n2)c(F)c1. The van der Waals surface area contributed by atoms with E-state index in [4.69, 9.17) is 4.74 Å². The van der Waals surface area contributed by atoms with Gasteiger partial charge in [0.25, 0.3) is 10.0 Å². The molecule has 1 aliphatic rings. The van der Waals surface area contributed by atoms with Gasteiger partial charge in [-0.15, -0.1) is 0 Å². The average Bonchev–Trinajstić information content (AvgIpc) is 2.95. The fourth-order valence-electron chi connectivity index (χ4n) is 4.54. The molecule has 0 radical (unpaired) electrons. The highest BCUT2D eigenvalue weighted by Crippen LogP contribution is 2.34. The normalized spacial score (nSPS) is 14.0. The molecule has 10 heteroatoms. The molecule has 0 unspecified atom stereocenters. The maximum absolute atomic E-state index is 15.1. The number of pyridine rings is 1. The Hall–Kier alpha value is -4.31. The van der Waals surface area contributed by atoms with Crippen LogP contribution in [0.2, 0.25) is 0 Å². The topological polar surface area (TPSA) is 106 Å². The highest BCUT2D eigenvalue weighted by Gasteiger charge is 2.19. The number of hydrogen-bond acceptors (Lipinski definition) is 7. The van der Waals surface area contributed by atoms with Crippen molar-refractivity contribution in [2.24, 2.45) is 0 Å². The molecule has 1 fully saturated rings. The molecule has 0 spiro atoms. The first-order chi connectivity index (χ1) is 18.9. The minimum atomic E-state index is -3.96. The van der Waals surface area contributed by atoms with Crippen LogP contribution in [0.3, 0.4) is 0 Å². The van der Waals surface area contributed by atoms with Crippen LogP contribution in [0, 0.1) is 5.82 Å². The average molecular weight is 546 g/mol. The Morgan fingerprint density at radius 3 is 2.62 bits per heavy atom. The zero-order chi connectivity index (χ0) is 27.2. The van der Waals surface area contributed by atoms with Crippen LogP contribution in [0.1, 0.15) is 37.7 Å². The van der Waals surface area contributed by atoms with Gasteiger partial charge in [0.15, 0.2) is 11.6 Å². The highest BCUT2D eigenvalue weighted by molar-refractivity contribution is 7.92. The summed E-state index contributed by atoms with van der Waals surface area (Å²) in [6.07, 6.45) is 12.0. The van der Waals surface area contributed by atoms with Gasteiger partial charge in [0.05, 0.1) is 21.8 Å². The second-order valence-corrected chi connectivity index (χ2v) is 10.9. The van der Waals surface area contributed by atoms with Crippen molar-refractivity contribution in [1.82, 2.24) is 15.0 Å². The molecule has 0 atom stereocenters. The van der Waals surface area contributed by atoms with Gasteiger partial charge in [-0.25, -0.2) is 22.8 Å². The molecule has 2 N–H and O–H groups in total. The molecule has 0 aliphatic heterocycles. The van der Waals surface area contributed by atoms with Crippen LogP contribution >= 0.6 is 0 Å². The summed E-state index contributed by atoms with van der Waals surface area (Å²) in [5.41, 5.74) is 1.65. The summed E-state index contributed by atoms with van der Waals surface area (Å²) >= 11 is 0. The van der Waals surface area contributed by atoms with E-state index in [9.17, 15) is 8.42 Å². The third-order valence-corrected chi connectivity index (χ3v) is 7.94. The number of rotatable bonds is 9. The molecular formula is C29H28FN5O3S. The molecule has 200 valence electrons. The smallest absolute Gasteiger partial charge is 0.262 e. The van der Waals surface area contributed by atoms with E-state index in [1.54, 1.807) is 48.9 Å². The fraction of sp³-hybridized carbons (Fsp3) is 0.207. The lowest BCUT2D eigenvalue weighted by Gasteiger charge is -2.22. The number of nitrogens with one attached hydrogen (secondary N) is 2. The zero-order valence-electron chi connectivity index (χ0n) is 21.2. The Morgan fingerprint density at radius 1 is 1.00 bits per heavy atom. The molecule has 39 heavy (non-hydrogen) atoms. The van der Waals surface area contributed by atoms with E-state index >= 15 is 4.39 Å². The number of aromatic nitrogens is 3. The van der Waals surface area contributed by atoms with Gasteiger partial charge in [0.2, 0.25) is 5.95 Å². The van der Waals surface area contributed by atoms with Gasteiger partial charge in [0.1, 0.15) is 5.75 Å². The Kier molecular flexibility index (Phi) is 7.83. The van der Waals surface area contributed by atoms with Crippen LogP contribution in [-0.4, -0.2) is 29.4 Å². The number of sulfonamides is 1. The molecule has 2 heterocycles. The molecule has 0 saturated heterocycles. The third-order valence-electron chi connectivity index (χ3n) is 6.48. The van der Waals surface area contributed by atoms with Crippen molar-refractivity contribution in [3.63, 3.8) is 0 Å². The lowest BCUT2D eigenvalue weighted by molar-refractivity contribution is 0.443. The maximum Gasteiger partial charge on any atom is 0.262 e. The first-order valence-electron chi connectivity index (χ1n) is 12.7. The first kappa shape index (κ1) is 26.3. The molecule has 8 nitrogen and oxygen atoms in total. The Labute approximate surface area is 227 Å². The number of benzene rings is 2. The van der Waals surface area contributed by atoms with Crippen LogP contribution in [0.25, 0.3) is 17.3 Å². The molecule has 2 aromatic heterocycles. The Balaban J connectivity index is 1.35. The monoisotopic (exact) mass is 545 g/mol. The highest BCUT2D eigenvalue weighted by atomic mass is 32.2. The summed E-state index contributed by atoms with van der Waals surface area (Å²) in [5, 5.41) is 3.41. The van der Waals surface area contributed by atoms with Crippen LogP contribution in [-0.2, 0) is 10.0 Å². The van der Waals surface area contributed by atoms with E-state index in [-0.39, 0.29) is 16.3 Å². The first-order valence-corrected chi connectivity index (χ1v) is 14.2. The molecule has 2 aromatic carbocycles. The lowest BCUT2D eigenvalue weighted by atomic mass is 9.96. The second kappa shape index (κ2) is 11.6. The lowest BCUT2D eigenvalue weighted by Crippen LogP contribution is -2.23. The van der Waals surface area contributed by atoms with Gasteiger partial charge >= 0.3 is 0 Å². The summed E-state index contributed by atoms with van der Waals surface area (Å²) in [4.78, 5) is 13.2. The summed E-state index contributed by atoms with van der Waals surface area (Å²) in [5.74, 6) is 0.0540. The van der Waals surface area contributed by atoms with Crippen molar-refractivity contribution in [2.45, 2.75) is 43.0 Å². The van der Waals surface area contributed by atoms with Crippen molar-refractivity contribution in [3.8, 4) is 22.8 Å². The summed E-state index contributed by atoms with van der Waals surface area (Å²) in [7, 11) is -3.96. The van der Waals surface area contributed by atoms with Gasteiger partial charge < -0.3 is 10.1 Å². The predicted molar refractivity (Wildman–Crippen MR) is 150 cm³/mol. The zero-order valence-corrected chi connectivity index (χ0v) is 22.0. The second-order valence-electron chi connectivity index (χ2n) is 9.21. The maximum atomic E-state index is 15.1. The minimum absolute atomic E-state index is 0.0457. The van der Waals surface area contributed by atoms with Crippen LogP contribution in [0.4, 0.5) is 16.0 Å². The molecular weight excluding hydrogens is 517 g/mol. The summed E-state index contributed by atoms with van der Waals surface area (Å²) in [6.45, 7) is 3.65. The number of halogens is 1. The van der Waals surface area contributed by atoms with Crippen molar-refractivity contribution in [1.29, 1.82) is 0 Å². The van der Waals surface area contributed by atoms with Crippen molar-refractivity contribution in [3.05, 3.63) is 91.1 Å². The quantitative estimate of drug-likeness (QED) is 0.242. The van der Waals surface area contributed by atoms with E-state index in [0.717, 1.165) is 18.9 Å². The Bertz CT molecular complexity index is 1590. The van der Waals surface area contributed by atoms with Crippen molar-refractivity contribution >= 4 is 27.7 Å². The van der Waals surface area contributed by atoms with Gasteiger partial charge in [-0.05, 0) is 48.7 Å². The molecule has 1 saturated carbocycles. The van der Waals surface area contributed by atoms with Crippen molar-refractivity contribution in [2.75, 3.05) is 10.0 Å².